The maximum atomic E-state index is 11.7. The van der Waals surface area contributed by atoms with Crippen molar-refractivity contribution in [1.82, 2.24) is 0 Å². The van der Waals surface area contributed by atoms with Crippen LogP contribution >= 0.6 is 12.4 Å². The summed E-state index contributed by atoms with van der Waals surface area (Å²) >= 11 is 0. The highest BCUT2D eigenvalue weighted by Gasteiger charge is 2.14. The SMILES string of the molecule is COCC(N)C(=O)Nc1c(C)cccc1C.Cl. The second kappa shape index (κ2) is 7.27. The van der Waals surface area contributed by atoms with Crippen LogP contribution in [0, 0.1) is 13.8 Å². The van der Waals surface area contributed by atoms with Gasteiger partial charge in [-0.3, -0.25) is 4.79 Å². The van der Waals surface area contributed by atoms with Crippen molar-refractivity contribution in [2.75, 3.05) is 19.0 Å². The lowest BCUT2D eigenvalue weighted by Gasteiger charge is -2.14. The molecule has 1 aromatic carbocycles. The third-order valence-corrected chi connectivity index (χ3v) is 2.41. The molecule has 3 N–H and O–H groups in total. The predicted octanol–water partition coefficient (Wildman–Crippen LogP) is 1.64. The number of carbonyl (C=O) groups is 1. The lowest BCUT2D eigenvalue weighted by molar-refractivity contribution is -0.118. The van der Waals surface area contributed by atoms with Crippen molar-refractivity contribution in [3.05, 3.63) is 29.3 Å². The van der Waals surface area contributed by atoms with Crippen LogP contribution in [-0.2, 0) is 9.53 Å². The highest BCUT2D eigenvalue weighted by molar-refractivity contribution is 5.96. The lowest BCUT2D eigenvalue weighted by Crippen LogP contribution is -2.39. The third-order valence-electron chi connectivity index (χ3n) is 2.41. The van der Waals surface area contributed by atoms with Crippen LogP contribution in [0.15, 0.2) is 18.2 Å². The zero-order chi connectivity index (χ0) is 12.1. The Kier molecular flexibility index (Phi) is 6.80. The van der Waals surface area contributed by atoms with Gasteiger partial charge in [-0.05, 0) is 25.0 Å². The molecule has 1 amide bonds. The van der Waals surface area contributed by atoms with Gasteiger partial charge in [0.15, 0.2) is 0 Å². The summed E-state index contributed by atoms with van der Waals surface area (Å²) in [5.74, 6) is -0.223. The monoisotopic (exact) mass is 258 g/mol. The number of methoxy groups -OCH3 is 1. The molecule has 0 spiro atoms. The van der Waals surface area contributed by atoms with E-state index < -0.39 is 6.04 Å². The number of anilines is 1. The number of nitrogens with two attached hydrogens (primary N) is 1. The number of aryl methyl sites for hydroxylation is 2. The fraction of sp³-hybridized carbons (Fsp3) is 0.417. The summed E-state index contributed by atoms with van der Waals surface area (Å²) in [5.41, 5.74) is 8.52. The minimum Gasteiger partial charge on any atom is -0.383 e. The van der Waals surface area contributed by atoms with Gasteiger partial charge in [-0.25, -0.2) is 0 Å². The van der Waals surface area contributed by atoms with Crippen LogP contribution in [0.3, 0.4) is 0 Å². The molecule has 17 heavy (non-hydrogen) atoms. The summed E-state index contributed by atoms with van der Waals surface area (Å²) in [6.45, 7) is 4.12. The minimum atomic E-state index is -0.635. The molecular weight excluding hydrogens is 240 g/mol. The van der Waals surface area contributed by atoms with E-state index in [0.29, 0.717) is 0 Å². The number of rotatable bonds is 4. The first-order valence-corrected chi connectivity index (χ1v) is 5.18. The number of benzene rings is 1. The Labute approximate surface area is 108 Å². The van der Waals surface area contributed by atoms with Gasteiger partial charge in [0, 0.05) is 12.8 Å². The Morgan fingerprint density at radius 1 is 1.41 bits per heavy atom. The van der Waals surface area contributed by atoms with Crippen molar-refractivity contribution in [3.63, 3.8) is 0 Å². The zero-order valence-electron chi connectivity index (χ0n) is 10.3. The average Bonchev–Trinajstić information content (AvgIpc) is 2.23. The number of halogens is 1. The highest BCUT2D eigenvalue weighted by atomic mass is 35.5. The summed E-state index contributed by atoms with van der Waals surface area (Å²) < 4.78 is 4.84. The van der Waals surface area contributed by atoms with E-state index >= 15 is 0 Å². The Balaban J connectivity index is 0.00000256. The normalized spacial score (nSPS) is 11.5. The zero-order valence-corrected chi connectivity index (χ0v) is 11.1. The van der Waals surface area contributed by atoms with E-state index in [9.17, 15) is 4.79 Å². The third kappa shape index (κ3) is 4.34. The van der Waals surface area contributed by atoms with E-state index in [2.05, 4.69) is 5.32 Å². The predicted molar refractivity (Wildman–Crippen MR) is 71.6 cm³/mol. The first kappa shape index (κ1) is 15.9. The Hall–Kier alpha value is -1.10. The van der Waals surface area contributed by atoms with Crippen molar-refractivity contribution < 1.29 is 9.53 Å². The molecule has 0 saturated carbocycles. The van der Waals surface area contributed by atoms with E-state index in [-0.39, 0.29) is 24.9 Å². The van der Waals surface area contributed by atoms with Crippen LogP contribution < -0.4 is 11.1 Å². The Morgan fingerprint density at radius 3 is 2.41 bits per heavy atom. The number of ether oxygens (including phenoxy) is 1. The fourth-order valence-corrected chi connectivity index (χ4v) is 1.48. The van der Waals surface area contributed by atoms with Gasteiger partial charge in [0.1, 0.15) is 6.04 Å². The van der Waals surface area contributed by atoms with Gasteiger partial charge in [-0.2, -0.15) is 0 Å². The molecule has 96 valence electrons. The number of hydrogen-bond donors (Lipinski definition) is 2. The van der Waals surface area contributed by atoms with Crippen LogP contribution in [0.5, 0.6) is 0 Å². The summed E-state index contributed by atoms with van der Waals surface area (Å²) in [5, 5.41) is 2.82. The van der Waals surface area contributed by atoms with Crippen LogP contribution in [-0.4, -0.2) is 25.7 Å². The molecule has 5 heteroatoms. The van der Waals surface area contributed by atoms with E-state index in [1.54, 1.807) is 0 Å². The van der Waals surface area contributed by atoms with Gasteiger partial charge in [0.05, 0.1) is 6.61 Å². The number of para-hydroxylation sites is 1. The number of carbonyl (C=O) groups excluding carboxylic acids is 1. The maximum Gasteiger partial charge on any atom is 0.243 e. The molecule has 1 atom stereocenters. The second-order valence-corrected chi connectivity index (χ2v) is 3.82. The van der Waals surface area contributed by atoms with Crippen molar-refractivity contribution in [2.24, 2.45) is 5.73 Å². The molecule has 0 aliphatic carbocycles. The fourth-order valence-electron chi connectivity index (χ4n) is 1.48. The smallest absolute Gasteiger partial charge is 0.243 e. The van der Waals surface area contributed by atoms with Gasteiger partial charge < -0.3 is 15.8 Å². The summed E-state index contributed by atoms with van der Waals surface area (Å²) in [7, 11) is 1.52. The van der Waals surface area contributed by atoms with Crippen LogP contribution in [0.1, 0.15) is 11.1 Å². The number of amides is 1. The summed E-state index contributed by atoms with van der Waals surface area (Å²) in [6.07, 6.45) is 0. The lowest BCUT2D eigenvalue weighted by atomic mass is 10.1. The number of hydrogen-bond acceptors (Lipinski definition) is 3. The van der Waals surface area contributed by atoms with Crippen LogP contribution in [0.25, 0.3) is 0 Å². The average molecular weight is 259 g/mol. The molecule has 0 heterocycles. The van der Waals surface area contributed by atoms with Crippen molar-refractivity contribution >= 4 is 24.0 Å². The van der Waals surface area contributed by atoms with E-state index in [1.165, 1.54) is 7.11 Å². The Morgan fingerprint density at radius 2 is 1.94 bits per heavy atom. The van der Waals surface area contributed by atoms with E-state index in [1.807, 2.05) is 32.0 Å². The minimum absolute atomic E-state index is 0. The number of nitrogens with one attached hydrogen (secondary N) is 1. The quantitative estimate of drug-likeness (QED) is 0.863. The van der Waals surface area contributed by atoms with Crippen molar-refractivity contribution in [2.45, 2.75) is 19.9 Å². The van der Waals surface area contributed by atoms with Gasteiger partial charge in [0.25, 0.3) is 0 Å². The van der Waals surface area contributed by atoms with E-state index in [0.717, 1.165) is 16.8 Å². The molecule has 0 fully saturated rings. The molecular formula is C12H19ClN2O2. The first-order chi connectivity index (χ1) is 7.56. The standard InChI is InChI=1S/C12H18N2O2.ClH/c1-8-5-4-6-9(2)11(8)14-12(15)10(13)7-16-3;/h4-6,10H,7,13H2,1-3H3,(H,14,15);1H. The van der Waals surface area contributed by atoms with E-state index in [4.69, 9.17) is 10.5 Å². The van der Waals surface area contributed by atoms with Crippen LogP contribution in [0.4, 0.5) is 5.69 Å². The molecule has 0 aromatic heterocycles. The maximum absolute atomic E-state index is 11.7. The molecule has 1 unspecified atom stereocenters. The topological polar surface area (TPSA) is 64.3 Å². The van der Waals surface area contributed by atoms with Crippen molar-refractivity contribution in [3.8, 4) is 0 Å². The molecule has 0 saturated heterocycles. The second-order valence-electron chi connectivity index (χ2n) is 3.82. The molecule has 4 nitrogen and oxygen atoms in total. The van der Waals surface area contributed by atoms with Gasteiger partial charge in [0.2, 0.25) is 5.91 Å². The van der Waals surface area contributed by atoms with Gasteiger partial charge in [-0.1, -0.05) is 18.2 Å². The van der Waals surface area contributed by atoms with Gasteiger partial charge >= 0.3 is 0 Å². The first-order valence-electron chi connectivity index (χ1n) is 5.18. The molecule has 0 bridgehead atoms. The Bertz CT molecular complexity index is 363. The molecule has 0 aliphatic heterocycles. The van der Waals surface area contributed by atoms with Gasteiger partial charge in [-0.15, -0.1) is 12.4 Å². The molecule has 0 aliphatic rings. The van der Waals surface area contributed by atoms with Crippen LogP contribution in [0.2, 0.25) is 0 Å². The molecule has 1 aromatic rings. The largest absolute Gasteiger partial charge is 0.383 e. The highest BCUT2D eigenvalue weighted by Crippen LogP contribution is 2.19. The molecule has 0 radical (unpaired) electrons. The summed E-state index contributed by atoms with van der Waals surface area (Å²) in [6, 6.07) is 5.22. The molecule has 1 rings (SSSR count). The van der Waals surface area contributed by atoms with Crippen molar-refractivity contribution in [1.29, 1.82) is 0 Å². The summed E-state index contributed by atoms with van der Waals surface area (Å²) in [4.78, 5) is 11.7.